The van der Waals surface area contributed by atoms with Gasteiger partial charge in [-0.2, -0.15) is 0 Å². The van der Waals surface area contributed by atoms with Crippen LogP contribution in [0.3, 0.4) is 0 Å². The lowest BCUT2D eigenvalue weighted by Gasteiger charge is -2.13. The lowest BCUT2D eigenvalue weighted by atomic mass is 9.96. The maximum absolute atomic E-state index is 6.17. The van der Waals surface area contributed by atoms with Crippen molar-refractivity contribution in [2.45, 2.75) is 45.2 Å². The summed E-state index contributed by atoms with van der Waals surface area (Å²) in [6.45, 7) is 5.34. The summed E-state index contributed by atoms with van der Waals surface area (Å²) in [5.41, 5.74) is 5.21. The molecule has 0 aromatic heterocycles. The van der Waals surface area contributed by atoms with Crippen molar-refractivity contribution in [3.63, 3.8) is 0 Å². The molecule has 1 fully saturated rings. The van der Waals surface area contributed by atoms with E-state index in [2.05, 4.69) is 55.6 Å². The second-order valence-electron chi connectivity index (χ2n) is 6.23. The summed E-state index contributed by atoms with van der Waals surface area (Å²) in [5.74, 6) is 0.570. The minimum Gasteiger partial charge on any atom is -0.310 e. The van der Waals surface area contributed by atoms with Crippen molar-refractivity contribution < 1.29 is 0 Å². The Morgan fingerprint density at radius 1 is 1.10 bits per heavy atom. The van der Waals surface area contributed by atoms with Crippen LogP contribution in [0.4, 0.5) is 0 Å². The van der Waals surface area contributed by atoms with Crippen molar-refractivity contribution in [3.05, 3.63) is 58.6 Å². The van der Waals surface area contributed by atoms with Gasteiger partial charge in [-0.3, -0.25) is 0 Å². The second kappa shape index (κ2) is 6.21. The maximum Gasteiger partial charge on any atom is 0.0409 e. The predicted octanol–water partition coefficient (Wildman–Crippen LogP) is 5.38. The van der Waals surface area contributed by atoms with E-state index in [1.165, 1.54) is 35.1 Å². The number of hydrogen-bond donors (Lipinski definition) is 1. The SMILES string of the molecule is CC(C)c1ccc(-c2ccc(Cl)cc2CNC2CC2)cc1. The van der Waals surface area contributed by atoms with Crippen molar-refractivity contribution in [2.24, 2.45) is 0 Å². The van der Waals surface area contributed by atoms with Crippen LogP contribution in [0.2, 0.25) is 5.02 Å². The third-order valence-corrected chi connectivity index (χ3v) is 4.35. The highest BCUT2D eigenvalue weighted by molar-refractivity contribution is 6.30. The summed E-state index contributed by atoms with van der Waals surface area (Å²) in [7, 11) is 0. The first-order valence-corrected chi connectivity index (χ1v) is 8.13. The van der Waals surface area contributed by atoms with Crippen LogP contribution in [0.5, 0.6) is 0 Å². The minimum atomic E-state index is 0.570. The molecule has 0 unspecified atom stereocenters. The molecule has 0 atom stereocenters. The van der Waals surface area contributed by atoms with Gasteiger partial charge in [-0.1, -0.05) is 55.8 Å². The lowest BCUT2D eigenvalue weighted by molar-refractivity contribution is 0.689. The Labute approximate surface area is 132 Å². The molecule has 0 radical (unpaired) electrons. The Hall–Kier alpha value is -1.31. The molecule has 0 aliphatic heterocycles. The zero-order valence-corrected chi connectivity index (χ0v) is 13.5. The van der Waals surface area contributed by atoms with Gasteiger partial charge in [0.15, 0.2) is 0 Å². The van der Waals surface area contributed by atoms with Crippen molar-refractivity contribution in [3.8, 4) is 11.1 Å². The Morgan fingerprint density at radius 2 is 1.81 bits per heavy atom. The molecular formula is C19H22ClN. The van der Waals surface area contributed by atoms with Gasteiger partial charge < -0.3 is 5.32 Å². The molecular weight excluding hydrogens is 278 g/mol. The molecule has 1 aliphatic rings. The van der Waals surface area contributed by atoms with Crippen molar-refractivity contribution in [1.29, 1.82) is 0 Å². The topological polar surface area (TPSA) is 12.0 Å². The highest BCUT2D eigenvalue weighted by atomic mass is 35.5. The fraction of sp³-hybridized carbons (Fsp3) is 0.368. The normalized spacial score (nSPS) is 14.7. The summed E-state index contributed by atoms with van der Waals surface area (Å²) in [6, 6.07) is 15.8. The largest absolute Gasteiger partial charge is 0.310 e. The zero-order valence-electron chi connectivity index (χ0n) is 12.7. The van der Waals surface area contributed by atoms with E-state index >= 15 is 0 Å². The standard InChI is InChI=1S/C19H22ClN/c1-13(2)14-3-5-15(6-4-14)19-10-7-17(20)11-16(19)12-21-18-8-9-18/h3-7,10-11,13,18,21H,8-9,12H2,1-2H3. The van der Waals surface area contributed by atoms with Gasteiger partial charge in [0.05, 0.1) is 0 Å². The number of hydrogen-bond acceptors (Lipinski definition) is 1. The smallest absolute Gasteiger partial charge is 0.0409 e. The molecule has 1 nitrogen and oxygen atoms in total. The van der Waals surface area contributed by atoms with E-state index in [0.29, 0.717) is 12.0 Å². The molecule has 1 saturated carbocycles. The average Bonchev–Trinajstić information content (AvgIpc) is 3.29. The number of nitrogens with one attached hydrogen (secondary N) is 1. The predicted molar refractivity (Wildman–Crippen MR) is 90.8 cm³/mol. The third-order valence-electron chi connectivity index (χ3n) is 4.11. The minimum absolute atomic E-state index is 0.570. The zero-order chi connectivity index (χ0) is 14.8. The van der Waals surface area contributed by atoms with E-state index in [1.807, 2.05) is 6.07 Å². The number of halogens is 1. The van der Waals surface area contributed by atoms with Gasteiger partial charge in [-0.05, 0) is 53.1 Å². The first-order chi connectivity index (χ1) is 10.1. The van der Waals surface area contributed by atoms with E-state index in [0.717, 1.165) is 11.6 Å². The molecule has 0 amide bonds. The molecule has 110 valence electrons. The summed E-state index contributed by atoms with van der Waals surface area (Å²) in [5, 5.41) is 4.39. The van der Waals surface area contributed by atoms with E-state index in [4.69, 9.17) is 11.6 Å². The van der Waals surface area contributed by atoms with Crippen LogP contribution in [0.1, 0.15) is 43.7 Å². The quantitative estimate of drug-likeness (QED) is 0.781. The molecule has 1 aliphatic carbocycles. The van der Waals surface area contributed by atoms with Crippen LogP contribution in [0.25, 0.3) is 11.1 Å². The molecule has 3 rings (SSSR count). The monoisotopic (exact) mass is 299 g/mol. The summed E-state index contributed by atoms with van der Waals surface area (Å²) < 4.78 is 0. The molecule has 0 spiro atoms. The van der Waals surface area contributed by atoms with Crippen molar-refractivity contribution in [2.75, 3.05) is 0 Å². The highest BCUT2D eigenvalue weighted by Gasteiger charge is 2.20. The average molecular weight is 300 g/mol. The van der Waals surface area contributed by atoms with E-state index in [1.54, 1.807) is 0 Å². The van der Waals surface area contributed by atoms with Gasteiger partial charge in [0.2, 0.25) is 0 Å². The lowest BCUT2D eigenvalue weighted by Crippen LogP contribution is -2.15. The summed E-state index contributed by atoms with van der Waals surface area (Å²) >= 11 is 6.17. The van der Waals surface area contributed by atoms with E-state index in [9.17, 15) is 0 Å². The Morgan fingerprint density at radius 3 is 2.43 bits per heavy atom. The number of benzene rings is 2. The first kappa shape index (κ1) is 14.6. The second-order valence-corrected chi connectivity index (χ2v) is 6.67. The van der Waals surface area contributed by atoms with Crippen LogP contribution in [0.15, 0.2) is 42.5 Å². The number of rotatable bonds is 5. The molecule has 2 aromatic carbocycles. The highest BCUT2D eigenvalue weighted by Crippen LogP contribution is 2.29. The van der Waals surface area contributed by atoms with E-state index < -0.39 is 0 Å². The fourth-order valence-electron chi connectivity index (χ4n) is 2.58. The fourth-order valence-corrected chi connectivity index (χ4v) is 2.77. The van der Waals surface area contributed by atoms with Crippen molar-refractivity contribution >= 4 is 11.6 Å². The van der Waals surface area contributed by atoms with Gasteiger partial charge in [0.25, 0.3) is 0 Å². The Kier molecular flexibility index (Phi) is 4.32. The molecule has 0 saturated heterocycles. The van der Waals surface area contributed by atoms with E-state index in [-0.39, 0.29) is 0 Å². The van der Waals surface area contributed by atoms with Gasteiger partial charge in [-0.15, -0.1) is 0 Å². The summed E-state index contributed by atoms with van der Waals surface area (Å²) in [6.07, 6.45) is 2.61. The molecule has 2 heteroatoms. The van der Waals surface area contributed by atoms with Crippen LogP contribution in [-0.4, -0.2) is 6.04 Å². The van der Waals surface area contributed by atoms with Gasteiger partial charge >= 0.3 is 0 Å². The van der Waals surface area contributed by atoms with Gasteiger partial charge in [-0.25, -0.2) is 0 Å². The molecule has 1 N–H and O–H groups in total. The van der Waals surface area contributed by atoms with Gasteiger partial charge in [0, 0.05) is 17.6 Å². The Balaban J connectivity index is 1.88. The van der Waals surface area contributed by atoms with Gasteiger partial charge in [0.1, 0.15) is 0 Å². The summed E-state index contributed by atoms with van der Waals surface area (Å²) in [4.78, 5) is 0. The molecule has 2 aromatic rings. The molecule has 0 bridgehead atoms. The third kappa shape index (κ3) is 3.66. The Bertz CT molecular complexity index is 612. The van der Waals surface area contributed by atoms with Crippen LogP contribution >= 0.6 is 11.6 Å². The van der Waals surface area contributed by atoms with Crippen molar-refractivity contribution in [1.82, 2.24) is 5.32 Å². The molecule has 0 heterocycles. The maximum atomic E-state index is 6.17. The van der Waals surface area contributed by atoms with Crippen LogP contribution < -0.4 is 5.32 Å². The first-order valence-electron chi connectivity index (χ1n) is 7.75. The molecule has 21 heavy (non-hydrogen) atoms. The van der Waals surface area contributed by atoms with Crippen LogP contribution in [0, 0.1) is 0 Å². The van der Waals surface area contributed by atoms with Crippen LogP contribution in [-0.2, 0) is 6.54 Å².